The Kier molecular flexibility index (Phi) is 8.76. The maximum Gasteiger partial charge on any atom is 0.306 e. The fourth-order valence-corrected chi connectivity index (χ4v) is 4.15. The second-order valence-electron chi connectivity index (χ2n) is 8.71. The van der Waals surface area contributed by atoms with Crippen molar-refractivity contribution in [2.24, 2.45) is 11.3 Å². The van der Waals surface area contributed by atoms with Crippen LogP contribution in [-0.4, -0.2) is 48.4 Å². The van der Waals surface area contributed by atoms with Gasteiger partial charge in [0.15, 0.2) is 0 Å². The lowest BCUT2D eigenvalue weighted by Crippen LogP contribution is -2.54. The van der Waals surface area contributed by atoms with E-state index in [4.69, 9.17) is 10.00 Å². The van der Waals surface area contributed by atoms with Crippen LogP contribution in [0.1, 0.15) is 69.3 Å². The SMILES string of the molecule is CCOC(=O)CC1CCN(C(=O)C(C)(C)[C@H](CC)NC(=O)c2ccc(C#N)cc2F)CC1. The summed E-state index contributed by atoms with van der Waals surface area (Å²) in [5.74, 6) is -1.49. The Bertz CT molecular complexity index is 886. The zero-order valence-electron chi connectivity index (χ0n) is 19.2. The third-order valence-corrected chi connectivity index (χ3v) is 6.14. The maximum atomic E-state index is 14.2. The number of amides is 2. The van der Waals surface area contributed by atoms with Crippen molar-refractivity contribution < 1.29 is 23.5 Å². The first kappa shape index (κ1) is 25.3. The number of ether oxygens (including phenoxy) is 1. The van der Waals surface area contributed by atoms with Crippen molar-refractivity contribution in [2.45, 2.75) is 59.4 Å². The van der Waals surface area contributed by atoms with Gasteiger partial charge in [-0.1, -0.05) is 6.92 Å². The first-order valence-corrected chi connectivity index (χ1v) is 11.1. The van der Waals surface area contributed by atoms with Crippen LogP contribution >= 0.6 is 0 Å². The summed E-state index contributed by atoms with van der Waals surface area (Å²) in [7, 11) is 0. The van der Waals surface area contributed by atoms with Gasteiger partial charge >= 0.3 is 5.97 Å². The van der Waals surface area contributed by atoms with Crippen LogP contribution in [0.4, 0.5) is 4.39 Å². The fourth-order valence-electron chi connectivity index (χ4n) is 4.15. The van der Waals surface area contributed by atoms with Gasteiger partial charge in [0.1, 0.15) is 5.82 Å². The predicted octanol–water partition coefficient (Wildman–Crippen LogP) is 3.42. The number of rotatable bonds is 8. The third kappa shape index (κ3) is 6.06. The molecule has 0 bridgehead atoms. The predicted molar refractivity (Wildman–Crippen MR) is 117 cm³/mol. The molecule has 1 heterocycles. The van der Waals surface area contributed by atoms with E-state index in [1.807, 2.05) is 13.0 Å². The van der Waals surface area contributed by atoms with E-state index in [1.165, 1.54) is 12.1 Å². The van der Waals surface area contributed by atoms with E-state index in [0.29, 0.717) is 32.5 Å². The molecule has 32 heavy (non-hydrogen) atoms. The Morgan fingerprint density at radius 1 is 1.28 bits per heavy atom. The lowest BCUT2D eigenvalue weighted by molar-refractivity contribution is -0.145. The molecule has 2 amide bonds. The molecule has 8 heteroatoms. The molecule has 0 radical (unpaired) electrons. The molecule has 1 saturated heterocycles. The minimum atomic E-state index is -0.901. The number of benzene rings is 1. The van der Waals surface area contributed by atoms with E-state index in [-0.39, 0.29) is 28.9 Å². The van der Waals surface area contributed by atoms with E-state index in [2.05, 4.69) is 5.32 Å². The van der Waals surface area contributed by atoms with Gasteiger partial charge in [-0.2, -0.15) is 5.26 Å². The summed E-state index contributed by atoms with van der Waals surface area (Å²) in [5, 5.41) is 11.7. The van der Waals surface area contributed by atoms with Crippen LogP contribution in [0.5, 0.6) is 0 Å². The number of likely N-dealkylation sites (tertiary alicyclic amines) is 1. The number of carbonyl (C=O) groups excluding carboxylic acids is 3. The number of hydrogen-bond donors (Lipinski definition) is 1. The van der Waals surface area contributed by atoms with Gasteiger partial charge in [0, 0.05) is 25.6 Å². The summed E-state index contributed by atoms with van der Waals surface area (Å²) in [5.41, 5.74) is -0.931. The highest BCUT2D eigenvalue weighted by molar-refractivity contribution is 5.95. The monoisotopic (exact) mass is 445 g/mol. The quantitative estimate of drug-likeness (QED) is 0.618. The van der Waals surface area contributed by atoms with Crippen LogP contribution in [0.2, 0.25) is 0 Å². The molecule has 0 aromatic heterocycles. The van der Waals surface area contributed by atoms with Crippen molar-refractivity contribution in [3.05, 3.63) is 35.1 Å². The van der Waals surface area contributed by atoms with E-state index >= 15 is 0 Å². The van der Waals surface area contributed by atoms with E-state index < -0.39 is 23.2 Å². The number of carbonyl (C=O) groups is 3. The molecule has 1 N–H and O–H groups in total. The Morgan fingerprint density at radius 3 is 2.47 bits per heavy atom. The van der Waals surface area contributed by atoms with Crippen LogP contribution in [0.15, 0.2) is 18.2 Å². The van der Waals surface area contributed by atoms with Crippen molar-refractivity contribution in [2.75, 3.05) is 19.7 Å². The zero-order chi connectivity index (χ0) is 23.9. The number of halogens is 1. The molecule has 1 aliphatic heterocycles. The molecular weight excluding hydrogens is 413 g/mol. The Labute approximate surface area is 188 Å². The maximum absolute atomic E-state index is 14.2. The van der Waals surface area contributed by atoms with Crippen molar-refractivity contribution in [1.82, 2.24) is 10.2 Å². The molecule has 1 aromatic rings. The number of esters is 1. The average molecular weight is 446 g/mol. The number of nitrogens with one attached hydrogen (secondary N) is 1. The summed E-state index contributed by atoms with van der Waals surface area (Å²) in [4.78, 5) is 39.5. The summed E-state index contributed by atoms with van der Waals surface area (Å²) in [6.45, 7) is 8.65. The van der Waals surface area contributed by atoms with Crippen LogP contribution in [0.25, 0.3) is 0 Å². The zero-order valence-corrected chi connectivity index (χ0v) is 19.2. The normalized spacial score (nSPS) is 15.6. The number of piperidine rings is 1. The molecule has 174 valence electrons. The van der Waals surface area contributed by atoms with Crippen LogP contribution in [0, 0.1) is 28.5 Å². The second-order valence-corrected chi connectivity index (χ2v) is 8.71. The molecule has 1 aromatic carbocycles. The minimum Gasteiger partial charge on any atom is -0.466 e. The molecule has 0 unspecified atom stereocenters. The van der Waals surface area contributed by atoms with Gasteiger partial charge < -0.3 is 15.0 Å². The number of nitriles is 1. The Hall–Kier alpha value is -2.95. The summed E-state index contributed by atoms with van der Waals surface area (Å²) in [6, 6.07) is 5.01. The Morgan fingerprint density at radius 2 is 1.94 bits per heavy atom. The van der Waals surface area contributed by atoms with Gasteiger partial charge in [-0.25, -0.2) is 4.39 Å². The van der Waals surface area contributed by atoms with Gasteiger partial charge in [-0.05, 0) is 64.2 Å². The van der Waals surface area contributed by atoms with E-state index in [0.717, 1.165) is 18.9 Å². The molecule has 0 aliphatic carbocycles. The van der Waals surface area contributed by atoms with Crippen LogP contribution < -0.4 is 5.32 Å². The molecule has 2 rings (SSSR count). The fraction of sp³-hybridized carbons (Fsp3) is 0.583. The van der Waals surface area contributed by atoms with Gasteiger partial charge in [0.25, 0.3) is 5.91 Å². The molecule has 7 nitrogen and oxygen atoms in total. The number of nitrogens with zero attached hydrogens (tertiary/aromatic N) is 2. The van der Waals surface area contributed by atoms with Gasteiger partial charge in [-0.3, -0.25) is 14.4 Å². The van der Waals surface area contributed by atoms with Crippen molar-refractivity contribution in [3.63, 3.8) is 0 Å². The molecule has 0 spiro atoms. The van der Waals surface area contributed by atoms with Crippen LogP contribution in [0.3, 0.4) is 0 Å². The van der Waals surface area contributed by atoms with E-state index in [1.54, 1.807) is 25.7 Å². The average Bonchev–Trinajstić information content (AvgIpc) is 2.77. The van der Waals surface area contributed by atoms with Gasteiger partial charge in [0.05, 0.1) is 29.2 Å². The lowest BCUT2D eigenvalue weighted by Gasteiger charge is -2.40. The molecule has 0 saturated carbocycles. The number of hydrogen-bond acceptors (Lipinski definition) is 5. The molecular formula is C24H32FN3O4. The smallest absolute Gasteiger partial charge is 0.306 e. The lowest BCUT2D eigenvalue weighted by atomic mass is 9.80. The second kappa shape index (κ2) is 11.1. The molecule has 1 aliphatic rings. The first-order chi connectivity index (χ1) is 15.1. The van der Waals surface area contributed by atoms with Crippen molar-refractivity contribution in [3.8, 4) is 6.07 Å². The van der Waals surface area contributed by atoms with Crippen molar-refractivity contribution >= 4 is 17.8 Å². The summed E-state index contributed by atoms with van der Waals surface area (Å²) >= 11 is 0. The third-order valence-electron chi connectivity index (χ3n) is 6.14. The van der Waals surface area contributed by atoms with Crippen molar-refractivity contribution in [1.29, 1.82) is 5.26 Å². The summed E-state index contributed by atoms with van der Waals surface area (Å²) in [6.07, 6.45) is 2.30. The van der Waals surface area contributed by atoms with Gasteiger partial charge in [-0.15, -0.1) is 0 Å². The van der Waals surface area contributed by atoms with Crippen LogP contribution in [-0.2, 0) is 14.3 Å². The highest BCUT2D eigenvalue weighted by Crippen LogP contribution is 2.30. The highest BCUT2D eigenvalue weighted by atomic mass is 19.1. The summed E-state index contributed by atoms with van der Waals surface area (Å²) < 4.78 is 19.3. The largest absolute Gasteiger partial charge is 0.466 e. The van der Waals surface area contributed by atoms with E-state index in [9.17, 15) is 18.8 Å². The highest BCUT2D eigenvalue weighted by Gasteiger charge is 2.40. The Balaban J connectivity index is 2.02. The first-order valence-electron chi connectivity index (χ1n) is 11.1. The molecule has 1 fully saturated rings. The molecule has 1 atom stereocenters. The minimum absolute atomic E-state index is 0.0838. The van der Waals surface area contributed by atoms with Gasteiger partial charge in [0.2, 0.25) is 5.91 Å². The standard InChI is InChI=1S/C24H32FN3O4/c1-5-20(27-22(30)18-8-7-17(15-26)13-19(18)25)24(3,4)23(31)28-11-9-16(10-12-28)14-21(29)32-6-2/h7-8,13,16,20H,5-6,9-12,14H2,1-4H3,(H,27,30)/t20-/m0/s1. The topological polar surface area (TPSA) is 99.5 Å².